The lowest BCUT2D eigenvalue weighted by molar-refractivity contribution is 0.251. The Morgan fingerprint density at radius 1 is 1.08 bits per heavy atom. The zero-order valence-electron chi connectivity index (χ0n) is 14.3. The van der Waals surface area contributed by atoms with Gasteiger partial charge in [0, 0.05) is 43.5 Å². The lowest BCUT2D eigenvalue weighted by Crippen LogP contribution is -2.47. The third-order valence-electron chi connectivity index (χ3n) is 4.67. The molecule has 0 N–H and O–H groups in total. The Hall–Kier alpha value is -1.48. The highest BCUT2D eigenvalue weighted by Crippen LogP contribution is 2.21. The first-order valence-electron chi connectivity index (χ1n) is 8.71. The molecule has 4 rings (SSSR count). The molecule has 0 amide bonds. The summed E-state index contributed by atoms with van der Waals surface area (Å²) < 4.78 is 3.01. The summed E-state index contributed by atoms with van der Waals surface area (Å²) in [5.41, 5.74) is 0.169. The Kier molecular flexibility index (Phi) is 5.54. The fourth-order valence-electron chi connectivity index (χ4n) is 3.23. The molecule has 0 atom stereocenters. The maximum atomic E-state index is 12.2. The Bertz CT molecular complexity index is 929. The molecule has 1 fully saturated rings. The monoisotopic (exact) mass is 409 g/mol. The van der Waals surface area contributed by atoms with Crippen molar-refractivity contribution in [2.24, 2.45) is 0 Å². The van der Waals surface area contributed by atoms with Gasteiger partial charge >= 0.3 is 0 Å². The molecule has 6 nitrogen and oxygen atoms in total. The van der Waals surface area contributed by atoms with Gasteiger partial charge in [-0.1, -0.05) is 23.1 Å². The summed E-state index contributed by atoms with van der Waals surface area (Å²) in [6, 6.07) is 0. The van der Waals surface area contributed by atoms with Crippen molar-refractivity contribution >= 4 is 50.4 Å². The summed E-state index contributed by atoms with van der Waals surface area (Å²) >= 11 is 9.11. The molecule has 0 aromatic carbocycles. The molecule has 0 bridgehead atoms. The highest BCUT2D eigenvalue weighted by Gasteiger charge is 2.18. The van der Waals surface area contributed by atoms with Gasteiger partial charge in [0.05, 0.1) is 22.5 Å². The van der Waals surface area contributed by atoms with Crippen molar-refractivity contribution in [2.75, 3.05) is 37.6 Å². The second kappa shape index (κ2) is 8.04. The number of halogens is 1. The molecule has 1 aliphatic heterocycles. The van der Waals surface area contributed by atoms with Gasteiger partial charge in [-0.05, 0) is 19.4 Å². The predicted octanol–water partition coefficient (Wildman–Crippen LogP) is 3.17. The van der Waals surface area contributed by atoms with E-state index in [1.165, 1.54) is 0 Å². The van der Waals surface area contributed by atoms with Crippen LogP contribution >= 0.6 is 34.5 Å². The molecular weight excluding hydrogens is 390 g/mol. The fourth-order valence-corrected chi connectivity index (χ4v) is 5.35. The van der Waals surface area contributed by atoms with E-state index in [2.05, 4.69) is 25.1 Å². The van der Waals surface area contributed by atoms with Crippen molar-refractivity contribution < 1.29 is 0 Å². The van der Waals surface area contributed by atoms with Gasteiger partial charge in [-0.2, -0.15) is 11.3 Å². The first-order valence-corrected chi connectivity index (χ1v) is 10.8. The van der Waals surface area contributed by atoms with Crippen LogP contribution in [0.15, 0.2) is 27.9 Å². The first-order chi connectivity index (χ1) is 12.7. The largest absolute Gasteiger partial charge is 0.353 e. The standard InChI is InChI=1S/C17H20ClN5OS2/c18-15-9-19-10-16(20-15)22-7-5-21(6-8-22)3-1-2-4-23-17(24)13-11-25-12-14(13)26-23/h9-12H,1-8H2. The maximum absolute atomic E-state index is 12.2. The van der Waals surface area contributed by atoms with E-state index in [1.807, 2.05) is 9.34 Å². The third kappa shape index (κ3) is 3.93. The summed E-state index contributed by atoms with van der Waals surface area (Å²) in [5.74, 6) is 0.856. The van der Waals surface area contributed by atoms with Gasteiger partial charge in [-0.25, -0.2) is 4.98 Å². The maximum Gasteiger partial charge on any atom is 0.269 e. The SMILES string of the molecule is O=c1c2cscc2sn1CCCCN1CCN(c2cncc(Cl)n2)CC1. The Balaban J connectivity index is 1.21. The molecule has 0 aliphatic carbocycles. The van der Waals surface area contributed by atoms with Crippen LogP contribution in [0.3, 0.4) is 0 Å². The molecule has 3 aromatic heterocycles. The van der Waals surface area contributed by atoms with Crippen molar-refractivity contribution in [1.82, 2.24) is 18.8 Å². The van der Waals surface area contributed by atoms with Crippen molar-refractivity contribution in [1.29, 1.82) is 0 Å². The van der Waals surface area contributed by atoms with E-state index >= 15 is 0 Å². The number of aromatic nitrogens is 3. The highest BCUT2D eigenvalue weighted by molar-refractivity contribution is 7.19. The van der Waals surface area contributed by atoms with Gasteiger partial charge < -0.3 is 4.90 Å². The summed E-state index contributed by atoms with van der Waals surface area (Å²) in [4.78, 5) is 25.4. The van der Waals surface area contributed by atoms with E-state index in [-0.39, 0.29) is 5.56 Å². The van der Waals surface area contributed by atoms with Crippen LogP contribution < -0.4 is 10.5 Å². The number of aryl methyl sites for hydroxylation is 1. The minimum absolute atomic E-state index is 0.169. The number of hydrogen-bond donors (Lipinski definition) is 0. The number of thiophene rings is 1. The van der Waals surface area contributed by atoms with Crippen molar-refractivity contribution in [3.05, 3.63) is 38.7 Å². The van der Waals surface area contributed by atoms with Crippen LogP contribution in [0, 0.1) is 0 Å². The summed E-state index contributed by atoms with van der Waals surface area (Å²) in [6.07, 6.45) is 5.47. The summed E-state index contributed by atoms with van der Waals surface area (Å²) in [5, 5.41) is 5.32. The van der Waals surface area contributed by atoms with Gasteiger partial charge in [-0.3, -0.25) is 18.6 Å². The summed E-state index contributed by atoms with van der Waals surface area (Å²) in [6.45, 7) is 5.81. The molecule has 1 aliphatic rings. The minimum Gasteiger partial charge on any atom is -0.353 e. The normalized spacial score (nSPS) is 15.8. The van der Waals surface area contributed by atoms with E-state index in [9.17, 15) is 4.79 Å². The zero-order chi connectivity index (χ0) is 17.9. The number of nitrogens with zero attached hydrogens (tertiary/aromatic N) is 5. The topological polar surface area (TPSA) is 54.3 Å². The third-order valence-corrected chi connectivity index (χ3v) is 6.84. The van der Waals surface area contributed by atoms with Gasteiger partial charge in [0.2, 0.25) is 0 Å². The second-order valence-corrected chi connectivity index (χ2v) is 8.58. The molecule has 3 aromatic rings. The van der Waals surface area contributed by atoms with Crippen LogP contribution in [0.5, 0.6) is 0 Å². The minimum atomic E-state index is 0.169. The van der Waals surface area contributed by atoms with Gasteiger partial charge in [0.25, 0.3) is 5.56 Å². The average molecular weight is 410 g/mol. The molecule has 0 saturated carbocycles. The molecule has 0 spiro atoms. The van der Waals surface area contributed by atoms with Crippen molar-refractivity contribution in [3.8, 4) is 0 Å². The Labute approximate surface area is 164 Å². The van der Waals surface area contributed by atoms with Crippen LogP contribution in [-0.2, 0) is 6.54 Å². The van der Waals surface area contributed by atoms with E-state index in [4.69, 9.17) is 11.6 Å². The average Bonchev–Trinajstić information content (AvgIpc) is 3.23. The van der Waals surface area contributed by atoms with Crippen LogP contribution in [0.4, 0.5) is 5.82 Å². The number of rotatable bonds is 6. The Morgan fingerprint density at radius 3 is 2.65 bits per heavy atom. The fraction of sp³-hybridized carbons (Fsp3) is 0.471. The van der Waals surface area contributed by atoms with Gasteiger partial charge in [0.15, 0.2) is 0 Å². The first kappa shape index (κ1) is 17.9. The van der Waals surface area contributed by atoms with Gasteiger partial charge in [-0.15, -0.1) is 0 Å². The number of hydrogen-bond acceptors (Lipinski definition) is 7. The van der Waals surface area contributed by atoms with E-state index in [0.717, 1.165) is 68.0 Å². The number of fused-ring (bicyclic) bond motifs is 1. The van der Waals surface area contributed by atoms with E-state index in [1.54, 1.807) is 35.3 Å². The highest BCUT2D eigenvalue weighted by atomic mass is 35.5. The predicted molar refractivity (Wildman–Crippen MR) is 109 cm³/mol. The quantitative estimate of drug-likeness (QED) is 0.585. The second-order valence-electron chi connectivity index (χ2n) is 6.38. The lowest BCUT2D eigenvalue weighted by Gasteiger charge is -2.35. The van der Waals surface area contributed by atoms with Crippen LogP contribution in [0.25, 0.3) is 10.1 Å². The molecular formula is C17H20ClN5OS2. The molecule has 26 heavy (non-hydrogen) atoms. The number of unbranched alkanes of at least 4 members (excludes halogenated alkanes) is 1. The number of piperazine rings is 1. The van der Waals surface area contributed by atoms with Crippen molar-refractivity contribution in [3.63, 3.8) is 0 Å². The van der Waals surface area contributed by atoms with Crippen LogP contribution in [0.1, 0.15) is 12.8 Å². The molecule has 0 unspecified atom stereocenters. The Morgan fingerprint density at radius 2 is 1.88 bits per heavy atom. The smallest absolute Gasteiger partial charge is 0.269 e. The van der Waals surface area contributed by atoms with Crippen molar-refractivity contribution in [2.45, 2.75) is 19.4 Å². The molecule has 0 radical (unpaired) electrons. The number of anilines is 1. The van der Waals surface area contributed by atoms with Crippen LogP contribution in [-0.4, -0.2) is 51.5 Å². The zero-order valence-corrected chi connectivity index (χ0v) is 16.7. The molecule has 138 valence electrons. The van der Waals surface area contributed by atoms with Crippen LogP contribution in [0.2, 0.25) is 5.15 Å². The lowest BCUT2D eigenvalue weighted by atomic mass is 10.2. The summed E-state index contributed by atoms with van der Waals surface area (Å²) in [7, 11) is 0. The molecule has 4 heterocycles. The van der Waals surface area contributed by atoms with Gasteiger partial charge in [0.1, 0.15) is 11.0 Å². The molecule has 1 saturated heterocycles. The molecule has 9 heteroatoms. The van der Waals surface area contributed by atoms with E-state index < -0.39 is 0 Å². The van der Waals surface area contributed by atoms with E-state index in [0.29, 0.717) is 5.15 Å².